The van der Waals surface area contributed by atoms with Gasteiger partial charge in [-0.25, -0.2) is 0 Å². The molecule has 2 heterocycles. The predicted molar refractivity (Wildman–Crippen MR) is 142 cm³/mol. The molecule has 1 fully saturated rings. The van der Waals surface area contributed by atoms with Crippen LogP contribution in [0.3, 0.4) is 0 Å². The molecule has 1 saturated heterocycles. The van der Waals surface area contributed by atoms with E-state index in [1.165, 1.54) is 47.8 Å². The topological polar surface area (TPSA) is 79.2 Å². The van der Waals surface area contributed by atoms with Crippen molar-refractivity contribution in [2.24, 2.45) is 0 Å². The molecule has 10 heteroatoms. The zero-order valence-electron chi connectivity index (χ0n) is 18.4. The Morgan fingerprint density at radius 1 is 0.824 bits per heavy atom. The lowest BCUT2D eigenvalue weighted by Gasteiger charge is -2.26. The summed E-state index contributed by atoms with van der Waals surface area (Å²) in [4.78, 5) is 31.1. The molecule has 0 amide bonds. The summed E-state index contributed by atoms with van der Waals surface area (Å²) in [5.74, 6) is 0.717. The minimum Gasteiger partial charge on any atom is -0.378 e. The Hall–Kier alpha value is -1.98. The molecule has 34 heavy (non-hydrogen) atoms. The standard InChI is InChI=1S/C24H24N4O2S4/c1-2-21(30)32-18-10-12-20(13-11-18)34-24-26-22(28-14-4-3-5-15-28)25-23(27-24)33-19-8-6-17(7-9-19)31-16-29/h2,6-13,16,21,30H,1,3-5,14-15H2. The van der Waals surface area contributed by atoms with Crippen molar-refractivity contribution < 1.29 is 9.90 Å². The van der Waals surface area contributed by atoms with Gasteiger partial charge in [0.15, 0.2) is 15.9 Å². The molecule has 0 spiro atoms. The van der Waals surface area contributed by atoms with Crippen LogP contribution in [0.4, 0.5) is 5.95 Å². The Kier molecular flexibility index (Phi) is 9.34. The molecule has 1 aliphatic rings. The van der Waals surface area contributed by atoms with Crippen molar-refractivity contribution in [2.75, 3.05) is 18.0 Å². The highest BCUT2D eigenvalue weighted by atomic mass is 32.2. The number of hydrogen-bond acceptors (Lipinski definition) is 10. The van der Waals surface area contributed by atoms with Crippen LogP contribution in [-0.2, 0) is 4.79 Å². The monoisotopic (exact) mass is 528 g/mol. The average Bonchev–Trinajstić information content (AvgIpc) is 2.87. The molecule has 4 rings (SSSR count). The van der Waals surface area contributed by atoms with Gasteiger partial charge in [0.25, 0.3) is 0 Å². The van der Waals surface area contributed by atoms with Gasteiger partial charge in [0.1, 0.15) is 5.44 Å². The molecule has 1 aliphatic heterocycles. The number of hydrogen-bond donors (Lipinski definition) is 1. The second kappa shape index (κ2) is 12.6. The second-order valence-electron chi connectivity index (χ2n) is 7.35. The summed E-state index contributed by atoms with van der Waals surface area (Å²) in [7, 11) is 0. The van der Waals surface area contributed by atoms with Gasteiger partial charge in [-0.3, -0.25) is 4.79 Å². The molecule has 176 valence electrons. The lowest BCUT2D eigenvalue weighted by atomic mass is 10.1. The van der Waals surface area contributed by atoms with Gasteiger partial charge in [0.2, 0.25) is 5.95 Å². The van der Waals surface area contributed by atoms with Crippen LogP contribution in [0.15, 0.2) is 91.1 Å². The Bertz CT molecular complexity index is 1110. The fourth-order valence-corrected chi connectivity index (χ4v) is 5.90. The quantitative estimate of drug-likeness (QED) is 0.145. The van der Waals surface area contributed by atoms with E-state index in [1.54, 1.807) is 0 Å². The van der Waals surface area contributed by atoms with Crippen molar-refractivity contribution in [1.29, 1.82) is 0 Å². The number of carbonyl (C=O) groups is 1. The number of anilines is 1. The number of aliphatic hydroxyl groups excluding tert-OH is 1. The zero-order valence-corrected chi connectivity index (χ0v) is 21.6. The summed E-state index contributed by atoms with van der Waals surface area (Å²) in [5, 5.41) is 11.1. The molecule has 2 aromatic carbocycles. The van der Waals surface area contributed by atoms with E-state index < -0.39 is 5.44 Å². The Morgan fingerprint density at radius 3 is 1.88 bits per heavy atom. The number of aromatic nitrogens is 3. The maximum atomic E-state index is 10.7. The van der Waals surface area contributed by atoms with Crippen molar-refractivity contribution >= 4 is 58.6 Å². The second-order valence-corrected chi connectivity index (χ2v) is 11.5. The molecular formula is C24H24N4O2S4. The summed E-state index contributed by atoms with van der Waals surface area (Å²) in [6, 6.07) is 15.7. The van der Waals surface area contributed by atoms with Crippen LogP contribution in [0, 0.1) is 0 Å². The number of rotatable bonds is 10. The minimum absolute atomic E-state index is 0.625. The van der Waals surface area contributed by atoms with E-state index in [-0.39, 0.29) is 0 Å². The van der Waals surface area contributed by atoms with Crippen LogP contribution in [0.5, 0.6) is 0 Å². The predicted octanol–water partition coefficient (Wildman–Crippen LogP) is 6.04. The van der Waals surface area contributed by atoms with Crippen molar-refractivity contribution in [1.82, 2.24) is 15.0 Å². The van der Waals surface area contributed by atoms with Gasteiger partial charge >= 0.3 is 0 Å². The van der Waals surface area contributed by atoms with Crippen molar-refractivity contribution in [2.45, 2.75) is 54.6 Å². The molecule has 1 unspecified atom stereocenters. The summed E-state index contributed by atoms with van der Waals surface area (Å²) in [6.07, 6.45) is 5.03. The lowest BCUT2D eigenvalue weighted by Crippen LogP contribution is -2.31. The molecule has 1 atom stereocenters. The van der Waals surface area contributed by atoms with E-state index in [0.717, 1.165) is 62.9 Å². The molecular weight excluding hydrogens is 505 g/mol. The number of benzene rings is 2. The highest BCUT2D eigenvalue weighted by Crippen LogP contribution is 2.33. The minimum atomic E-state index is -0.625. The molecule has 0 aliphatic carbocycles. The van der Waals surface area contributed by atoms with Crippen LogP contribution >= 0.6 is 47.0 Å². The maximum absolute atomic E-state index is 10.7. The third-order valence-electron chi connectivity index (χ3n) is 4.93. The fourth-order valence-electron chi connectivity index (χ4n) is 3.28. The molecule has 0 bridgehead atoms. The first-order chi connectivity index (χ1) is 16.6. The van der Waals surface area contributed by atoms with Crippen LogP contribution in [0.2, 0.25) is 0 Å². The smallest absolute Gasteiger partial charge is 0.230 e. The van der Waals surface area contributed by atoms with E-state index in [2.05, 4.69) is 11.5 Å². The molecule has 1 aromatic heterocycles. The zero-order chi connectivity index (χ0) is 23.8. The number of piperidine rings is 1. The first kappa shape index (κ1) is 25.1. The van der Waals surface area contributed by atoms with Gasteiger partial charge in [0, 0.05) is 32.7 Å². The highest BCUT2D eigenvalue weighted by molar-refractivity contribution is 8.11. The fraction of sp³-hybridized carbons (Fsp3) is 0.250. The Labute approximate surface area is 216 Å². The first-order valence-electron chi connectivity index (χ1n) is 10.8. The van der Waals surface area contributed by atoms with Gasteiger partial charge in [0.05, 0.1) is 0 Å². The van der Waals surface area contributed by atoms with E-state index in [9.17, 15) is 9.90 Å². The molecule has 1 N–H and O–H groups in total. The van der Waals surface area contributed by atoms with Crippen molar-refractivity contribution in [3.8, 4) is 0 Å². The summed E-state index contributed by atoms with van der Waals surface area (Å²) < 4.78 is 0. The summed E-state index contributed by atoms with van der Waals surface area (Å²) in [6.45, 7) is 5.51. The lowest BCUT2D eigenvalue weighted by molar-refractivity contribution is 0.310. The maximum Gasteiger partial charge on any atom is 0.230 e. The highest BCUT2D eigenvalue weighted by Gasteiger charge is 2.17. The number of carbonyl (C=O) groups excluding carboxylic acids is 1. The van der Waals surface area contributed by atoms with Crippen LogP contribution < -0.4 is 4.90 Å². The molecule has 0 radical (unpaired) electrons. The van der Waals surface area contributed by atoms with E-state index in [4.69, 9.17) is 15.0 Å². The van der Waals surface area contributed by atoms with Gasteiger partial charge < -0.3 is 10.0 Å². The number of aliphatic hydroxyl groups is 1. The Balaban J connectivity index is 1.55. The number of nitrogens with zero attached hydrogens (tertiary/aromatic N) is 4. The third kappa shape index (κ3) is 7.26. The van der Waals surface area contributed by atoms with Gasteiger partial charge in [-0.05, 0) is 91.3 Å². The van der Waals surface area contributed by atoms with Crippen molar-refractivity contribution in [3.05, 3.63) is 61.2 Å². The summed E-state index contributed by atoms with van der Waals surface area (Å²) in [5.41, 5.74) is 0.204. The van der Waals surface area contributed by atoms with E-state index >= 15 is 0 Å². The average molecular weight is 529 g/mol. The van der Waals surface area contributed by atoms with Crippen LogP contribution in [0.1, 0.15) is 19.3 Å². The SMILES string of the molecule is C=CC(O)Sc1ccc(Sc2nc(Sc3ccc(SC=O)cc3)nc(N3CCCCC3)n2)cc1. The van der Waals surface area contributed by atoms with Crippen LogP contribution in [-0.4, -0.2) is 44.2 Å². The van der Waals surface area contributed by atoms with Gasteiger partial charge in [-0.2, -0.15) is 15.0 Å². The van der Waals surface area contributed by atoms with Gasteiger partial charge in [-0.1, -0.05) is 36.2 Å². The largest absolute Gasteiger partial charge is 0.378 e. The van der Waals surface area contributed by atoms with E-state index in [0.29, 0.717) is 16.3 Å². The third-order valence-corrected chi connectivity index (χ3v) is 8.29. The normalized spacial score (nSPS) is 14.6. The first-order valence-corrected chi connectivity index (χ1v) is 14.2. The number of thioether (sulfide) groups is 2. The van der Waals surface area contributed by atoms with E-state index in [1.807, 2.05) is 48.5 Å². The molecule has 3 aromatic rings. The Morgan fingerprint density at radius 2 is 1.35 bits per heavy atom. The van der Waals surface area contributed by atoms with Crippen molar-refractivity contribution in [3.63, 3.8) is 0 Å². The molecule has 6 nitrogen and oxygen atoms in total. The summed E-state index contributed by atoms with van der Waals surface area (Å²) >= 11 is 5.49. The van der Waals surface area contributed by atoms with Gasteiger partial charge in [-0.15, -0.1) is 0 Å². The van der Waals surface area contributed by atoms with Crippen LogP contribution in [0.25, 0.3) is 0 Å². The molecule has 0 saturated carbocycles.